The molecule has 0 saturated carbocycles. The molecule has 0 spiro atoms. The van der Waals surface area contributed by atoms with Gasteiger partial charge in [0.05, 0.1) is 6.54 Å². The number of anilines is 1. The van der Waals surface area contributed by atoms with E-state index in [1.807, 2.05) is 42.5 Å². The Kier molecular flexibility index (Phi) is 5.46. The van der Waals surface area contributed by atoms with Crippen LogP contribution >= 0.6 is 0 Å². The van der Waals surface area contributed by atoms with Crippen molar-refractivity contribution in [2.75, 3.05) is 18.4 Å². The highest BCUT2D eigenvalue weighted by Crippen LogP contribution is 2.20. The van der Waals surface area contributed by atoms with Crippen LogP contribution in [0.3, 0.4) is 0 Å². The molecule has 3 rings (SSSR count). The molecule has 5 heteroatoms. The molecule has 0 aliphatic carbocycles. The summed E-state index contributed by atoms with van der Waals surface area (Å²) in [7, 11) is 0. The summed E-state index contributed by atoms with van der Waals surface area (Å²) in [5.41, 5.74) is 3.00. The third-order valence-corrected chi connectivity index (χ3v) is 4.52. The van der Waals surface area contributed by atoms with E-state index in [0.29, 0.717) is 13.0 Å². The molecule has 1 amide bonds. The number of nitrogens with zero attached hydrogens (tertiary/aromatic N) is 1. The molecule has 1 aliphatic heterocycles. The van der Waals surface area contributed by atoms with Crippen LogP contribution < -0.4 is 5.32 Å². The molecule has 2 N–H and O–H groups in total. The van der Waals surface area contributed by atoms with Gasteiger partial charge in [-0.2, -0.15) is 0 Å². The van der Waals surface area contributed by atoms with E-state index in [0.717, 1.165) is 24.1 Å². The zero-order valence-corrected chi connectivity index (χ0v) is 14.0. The van der Waals surface area contributed by atoms with E-state index in [4.69, 9.17) is 0 Å². The highest BCUT2D eigenvalue weighted by Gasteiger charge is 2.31. The largest absolute Gasteiger partial charge is 0.480 e. The molecule has 0 unspecified atom stereocenters. The summed E-state index contributed by atoms with van der Waals surface area (Å²) in [6.45, 7) is 0.757. The number of carboxylic acids is 1. The number of hydrogen-bond acceptors (Lipinski definition) is 3. The van der Waals surface area contributed by atoms with Crippen LogP contribution in [0.15, 0.2) is 54.6 Å². The third kappa shape index (κ3) is 4.45. The van der Waals surface area contributed by atoms with Crippen LogP contribution in [-0.2, 0) is 16.0 Å². The highest BCUT2D eigenvalue weighted by atomic mass is 16.4. The van der Waals surface area contributed by atoms with Crippen molar-refractivity contribution in [3.05, 3.63) is 65.7 Å². The number of benzene rings is 2. The summed E-state index contributed by atoms with van der Waals surface area (Å²) in [5.74, 6) is -1.02. The monoisotopic (exact) mass is 338 g/mol. The van der Waals surface area contributed by atoms with Crippen molar-refractivity contribution in [3.8, 4) is 0 Å². The van der Waals surface area contributed by atoms with Crippen LogP contribution in [0.1, 0.15) is 24.0 Å². The first-order valence-corrected chi connectivity index (χ1v) is 8.52. The van der Waals surface area contributed by atoms with E-state index in [2.05, 4.69) is 17.4 Å². The summed E-state index contributed by atoms with van der Waals surface area (Å²) >= 11 is 0. The highest BCUT2D eigenvalue weighted by molar-refractivity contribution is 5.93. The molecule has 0 aromatic heterocycles. The Hall–Kier alpha value is -2.66. The van der Waals surface area contributed by atoms with Gasteiger partial charge in [-0.1, -0.05) is 48.5 Å². The van der Waals surface area contributed by atoms with Crippen LogP contribution in [0.5, 0.6) is 0 Å². The van der Waals surface area contributed by atoms with Crippen molar-refractivity contribution in [1.82, 2.24) is 4.90 Å². The lowest BCUT2D eigenvalue weighted by atomic mass is 10.0. The molecule has 130 valence electrons. The second kappa shape index (κ2) is 7.94. The van der Waals surface area contributed by atoms with Crippen molar-refractivity contribution in [2.24, 2.45) is 0 Å². The fraction of sp³-hybridized carbons (Fsp3) is 0.300. The normalized spacial score (nSPS) is 17.4. The van der Waals surface area contributed by atoms with Gasteiger partial charge in [0.15, 0.2) is 0 Å². The summed E-state index contributed by atoms with van der Waals surface area (Å²) in [6.07, 6.45) is 2.15. The molecule has 25 heavy (non-hydrogen) atoms. The van der Waals surface area contributed by atoms with Crippen molar-refractivity contribution in [2.45, 2.75) is 25.3 Å². The molecular weight excluding hydrogens is 316 g/mol. The van der Waals surface area contributed by atoms with Crippen molar-refractivity contribution in [1.29, 1.82) is 0 Å². The number of para-hydroxylation sites is 1. The summed E-state index contributed by atoms with van der Waals surface area (Å²) in [5, 5.41) is 12.2. The Morgan fingerprint density at radius 2 is 1.80 bits per heavy atom. The summed E-state index contributed by atoms with van der Waals surface area (Å²) < 4.78 is 0. The first kappa shape index (κ1) is 17.2. The van der Waals surface area contributed by atoms with Gasteiger partial charge in [-0.3, -0.25) is 14.5 Å². The maximum Gasteiger partial charge on any atom is 0.320 e. The second-order valence-corrected chi connectivity index (χ2v) is 6.33. The fourth-order valence-electron chi connectivity index (χ4n) is 3.28. The SMILES string of the molecule is O=C(CN1CCC[C@H]1C(=O)O)Nc1ccccc1Cc1ccccc1. The Morgan fingerprint density at radius 3 is 2.56 bits per heavy atom. The van der Waals surface area contributed by atoms with Gasteiger partial charge < -0.3 is 10.4 Å². The van der Waals surface area contributed by atoms with Crippen LogP contribution in [0, 0.1) is 0 Å². The number of carboxylic acid groups (broad SMARTS) is 1. The number of nitrogens with one attached hydrogen (secondary N) is 1. The molecule has 1 heterocycles. The zero-order chi connectivity index (χ0) is 17.6. The van der Waals surface area contributed by atoms with Gasteiger partial charge >= 0.3 is 5.97 Å². The number of hydrogen-bond donors (Lipinski definition) is 2. The summed E-state index contributed by atoms with van der Waals surface area (Å²) in [6, 6.07) is 17.3. The molecule has 5 nitrogen and oxygen atoms in total. The van der Waals surface area contributed by atoms with Gasteiger partial charge in [0.1, 0.15) is 6.04 Å². The Bertz CT molecular complexity index is 746. The van der Waals surface area contributed by atoms with Gasteiger partial charge in [-0.15, -0.1) is 0 Å². The molecule has 1 atom stereocenters. The molecule has 0 radical (unpaired) electrons. The van der Waals surface area contributed by atoms with Crippen LogP contribution in [0.2, 0.25) is 0 Å². The van der Waals surface area contributed by atoms with Crippen LogP contribution in [-0.4, -0.2) is 41.0 Å². The van der Waals surface area contributed by atoms with E-state index in [-0.39, 0.29) is 12.5 Å². The van der Waals surface area contributed by atoms with Gasteiger partial charge in [0, 0.05) is 5.69 Å². The first-order valence-electron chi connectivity index (χ1n) is 8.52. The number of likely N-dealkylation sites (tertiary alicyclic amines) is 1. The Morgan fingerprint density at radius 1 is 1.08 bits per heavy atom. The Balaban J connectivity index is 1.66. The smallest absolute Gasteiger partial charge is 0.320 e. The van der Waals surface area contributed by atoms with Crippen molar-refractivity contribution >= 4 is 17.6 Å². The minimum Gasteiger partial charge on any atom is -0.480 e. The van der Waals surface area contributed by atoms with Gasteiger partial charge in [0.2, 0.25) is 5.91 Å². The van der Waals surface area contributed by atoms with E-state index >= 15 is 0 Å². The first-order chi connectivity index (χ1) is 12.1. The fourth-order valence-corrected chi connectivity index (χ4v) is 3.28. The standard InChI is InChI=1S/C20H22N2O3/c23-19(14-22-12-6-11-18(22)20(24)25)21-17-10-5-4-9-16(17)13-15-7-2-1-3-8-15/h1-5,7-10,18H,6,11-14H2,(H,21,23)(H,24,25)/t18-/m0/s1. The molecular formula is C20H22N2O3. The molecule has 2 aromatic rings. The predicted molar refractivity (Wildman–Crippen MR) is 96.6 cm³/mol. The van der Waals surface area contributed by atoms with Gasteiger partial charge in [0.25, 0.3) is 0 Å². The maximum absolute atomic E-state index is 12.4. The van der Waals surface area contributed by atoms with Gasteiger partial charge in [-0.05, 0) is 43.0 Å². The number of rotatable bonds is 6. The van der Waals surface area contributed by atoms with Gasteiger partial charge in [-0.25, -0.2) is 0 Å². The van der Waals surface area contributed by atoms with Crippen LogP contribution in [0.25, 0.3) is 0 Å². The lowest BCUT2D eigenvalue weighted by Crippen LogP contribution is -2.41. The minimum atomic E-state index is -0.852. The Labute approximate surface area is 147 Å². The average molecular weight is 338 g/mol. The second-order valence-electron chi connectivity index (χ2n) is 6.33. The minimum absolute atomic E-state index is 0.108. The number of carbonyl (C=O) groups is 2. The number of amides is 1. The number of aliphatic carboxylic acids is 1. The van der Waals surface area contributed by atoms with E-state index < -0.39 is 12.0 Å². The molecule has 2 aromatic carbocycles. The van der Waals surface area contributed by atoms with Crippen LogP contribution in [0.4, 0.5) is 5.69 Å². The molecule has 1 saturated heterocycles. The molecule has 0 bridgehead atoms. The third-order valence-electron chi connectivity index (χ3n) is 4.52. The van der Waals surface area contributed by atoms with E-state index in [1.54, 1.807) is 4.90 Å². The van der Waals surface area contributed by atoms with Crippen molar-refractivity contribution < 1.29 is 14.7 Å². The quantitative estimate of drug-likeness (QED) is 0.850. The lowest BCUT2D eigenvalue weighted by Gasteiger charge is -2.20. The molecule has 1 fully saturated rings. The predicted octanol–water partition coefficient (Wildman–Crippen LogP) is 2.76. The maximum atomic E-state index is 12.4. The van der Waals surface area contributed by atoms with Crippen molar-refractivity contribution in [3.63, 3.8) is 0 Å². The average Bonchev–Trinajstić information content (AvgIpc) is 3.06. The van der Waals surface area contributed by atoms with E-state index in [1.165, 1.54) is 5.56 Å². The van der Waals surface area contributed by atoms with E-state index in [9.17, 15) is 14.7 Å². The lowest BCUT2D eigenvalue weighted by molar-refractivity contribution is -0.142. The number of carbonyl (C=O) groups excluding carboxylic acids is 1. The molecule has 1 aliphatic rings. The summed E-state index contributed by atoms with van der Waals surface area (Å²) in [4.78, 5) is 25.4. The topological polar surface area (TPSA) is 69.6 Å². The zero-order valence-electron chi connectivity index (χ0n) is 14.0.